The zero-order valence-corrected chi connectivity index (χ0v) is 18.7. The first-order valence-electron chi connectivity index (χ1n) is 10.00. The quantitative estimate of drug-likeness (QED) is 0.750. The van der Waals surface area contributed by atoms with Crippen molar-refractivity contribution >= 4 is 30.7 Å². The molecule has 2 saturated heterocycles. The Hall–Kier alpha value is -1.01. The number of hydrogen-bond acceptors (Lipinski definition) is 4. The highest BCUT2D eigenvalue weighted by atomic mass is 35.5. The van der Waals surface area contributed by atoms with E-state index in [1.165, 1.54) is 5.56 Å². The fraction of sp³-hybridized carbons (Fsp3) is 0.667. The molecule has 160 valence electrons. The van der Waals surface area contributed by atoms with Gasteiger partial charge in [0.05, 0.1) is 13.2 Å². The molecule has 2 aliphatic heterocycles. The van der Waals surface area contributed by atoms with Crippen molar-refractivity contribution in [2.24, 2.45) is 5.92 Å². The van der Waals surface area contributed by atoms with Crippen LogP contribution in [0.3, 0.4) is 0 Å². The second-order valence-electron chi connectivity index (χ2n) is 7.87. The summed E-state index contributed by atoms with van der Waals surface area (Å²) >= 11 is 0. The Labute approximate surface area is 182 Å². The molecule has 1 N–H and O–H groups in total. The van der Waals surface area contributed by atoms with Crippen LogP contribution in [0, 0.1) is 12.8 Å². The number of aryl methyl sites for hydroxylation is 1. The molecule has 0 aliphatic carbocycles. The standard InChI is InChI=1S/C21H33N3O2.2ClH/c1-17-5-3-7-20(13-17)26-16-18-6-4-12-24(14-18)21(25)15-23(2)19-8-10-22-11-9-19;;/h3,5,7,13,18-19,22H,4,6,8-12,14-16H2,1-2H3;2*1H. The minimum atomic E-state index is 0. The maximum absolute atomic E-state index is 12.7. The molecule has 0 bridgehead atoms. The van der Waals surface area contributed by atoms with Gasteiger partial charge in [-0.25, -0.2) is 0 Å². The molecule has 1 unspecified atom stereocenters. The van der Waals surface area contributed by atoms with E-state index in [1.54, 1.807) is 0 Å². The summed E-state index contributed by atoms with van der Waals surface area (Å²) in [7, 11) is 2.09. The van der Waals surface area contributed by atoms with Gasteiger partial charge in [0.15, 0.2) is 0 Å². The highest BCUT2D eigenvalue weighted by Gasteiger charge is 2.26. The molecule has 28 heavy (non-hydrogen) atoms. The van der Waals surface area contributed by atoms with Crippen LogP contribution < -0.4 is 10.1 Å². The highest BCUT2D eigenvalue weighted by molar-refractivity contribution is 5.85. The van der Waals surface area contributed by atoms with Crippen LogP contribution >= 0.6 is 24.8 Å². The predicted octanol–water partition coefficient (Wildman–Crippen LogP) is 3.14. The van der Waals surface area contributed by atoms with Gasteiger partial charge in [-0.3, -0.25) is 9.69 Å². The Balaban J connectivity index is 0.00000196. The van der Waals surface area contributed by atoms with Crippen molar-refractivity contribution < 1.29 is 9.53 Å². The van der Waals surface area contributed by atoms with Gasteiger partial charge < -0.3 is 15.0 Å². The van der Waals surface area contributed by atoms with Crippen molar-refractivity contribution in [3.05, 3.63) is 29.8 Å². The van der Waals surface area contributed by atoms with Crippen LogP contribution in [0.4, 0.5) is 0 Å². The monoisotopic (exact) mass is 431 g/mol. The van der Waals surface area contributed by atoms with Gasteiger partial charge in [-0.1, -0.05) is 12.1 Å². The highest BCUT2D eigenvalue weighted by Crippen LogP contribution is 2.20. The summed E-state index contributed by atoms with van der Waals surface area (Å²) < 4.78 is 5.98. The lowest BCUT2D eigenvalue weighted by Crippen LogP contribution is -2.49. The average Bonchev–Trinajstić information content (AvgIpc) is 2.67. The van der Waals surface area contributed by atoms with E-state index >= 15 is 0 Å². The van der Waals surface area contributed by atoms with E-state index in [2.05, 4.69) is 36.3 Å². The van der Waals surface area contributed by atoms with E-state index in [1.807, 2.05) is 17.0 Å². The molecule has 2 heterocycles. The summed E-state index contributed by atoms with van der Waals surface area (Å²) in [6.07, 6.45) is 4.48. The molecule has 2 aliphatic rings. The molecular weight excluding hydrogens is 397 g/mol. The van der Waals surface area contributed by atoms with E-state index in [9.17, 15) is 4.79 Å². The number of likely N-dealkylation sites (N-methyl/N-ethyl adjacent to an activating group) is 1. The lowest BCUT2D eigenvalue weighted by Gasteiger charge is -2.36. The number of ether oxygens (including phenoxy) is 1. The average molecular weight is 432 g/mol. The smallest absolute Gasteiger partial charge is 0.236 e. The van der Waals surface area contributed by atoms with Gasteiger partial charge in [0, 0.05) is 25.0 Å². The number of benzene rings is 1. The molecule has 0 spiro atoms. The van der Waals surface area contributed by atoms with Gasteiger partial charge in [-0.2, -0.15) is 0 Å². The molecule has 1 aromatic rings. The SMILES string of the molecule is Cc1cccc(OCC2CCCN(C(=O)CN(C)C3CCNCC3)C2)c1.Cl.Cl. The number of nitrogens with one attached hydrogen (secondary N) is 1. The van der Waals surface area contributed by atoms with Crippen molar-refractivity contribution in [1.82, 2.24) is 15.1 Å². The van der Waals surface area contributed by atoms with E-state index in [4.69, 9.17) is 4.74 Å². The van der Waals surface area contributed by atoms with Crippen molar-refractivity contribution in [3.8, 4) is 5.75 Å². The first-order valence-corrected chi connectivity index (χ1v) is 10.00. The summed E-state index contributed by atoms with van der Waals surface area (Å²) in [5.74, 6) is 1.63. The van der Waals surface area contributed by atoms with E-state index < -0.39 is 0 Å². The second-order valence-corrected chi connectivity index (χ2v) is 7.87. The first kappa shape index (κ1) is 25.0. The number of hydrogen-bond donors (Lipinski definition) is 1. The Morgan fingerprint density at radius 3 is 2.71 bits per heavy atom. The molecule has 7 heteroatoms. The van der Waals surface area contributed by atoms with Crippen LogP contribution in [0.2, 0.25) is 0 Å². The molecule has 1 aromatic carbocycles. The molecule has 0 aromatic heterocycles. The second kappa shape index (κ2) is 12.5. The van der Waals surface area contributed by atoms with Gasteiger partial charge in [-0.15, -0.1) is 24.8 Å². The van der Waals surface area contributed by atoms with E-state index in [0.717, 1.165) is 57.6 Å². The maximum Gasteiger partial charge on any atom is 0.236 e. The number of likely N-dealkylation sites (tertiary alicyclic amines) is 1. The normalized spacial score (nSPS) is 20.2. The van der Waals surface area contributed by atoms with Gasteiger partial charge in [-0.05, 0) is 70.4 Å². The number of amides is 1. The number of carbonyl (C=O) groups excluding carboxylic acids is 1. The van der Waals surface area contributed by atoms with Crippen LogP contribution in [0.1, 0.15) is 31.2 Å². The Bertz CT molecular complexity index is 597. The molecule has 3 rings (SSSR count). The lowest BCUT2D eigenvalue weighted by atomic mass is 9.98. The third-order valence-electron chi connectivity index (χ3n) is 5.66. The van der Waals surface area contributed by atoms with Crippen LogP contribution in [0.5, 0.6) is 5.75 Å². The Morgan fingerprint density at radius 2 is 2.00 bits per heavy atom. The number of rotatable bonds is 6. The van der Waals surface area contributed by atoms with E-state index in [0.29, 0.717) is 25.1 Å². The third kappa shape index (κ3) is 7.43. The third-order valence-corrected chi connectivity index (χ3v) is 5.66. The number of piperidine rings is 2. The molecule has 1 atom stereocenters. The van der Waals surface area contributed by atoms with E-state index in [-0.39, 0.29) is 30.7 Å². The molecule has 1 amide bonds. The summed E-state index contributed by atoms with van der Waals surface area (Å²) in [5, 5.41) is 3.39. The zero-order chi connectivity index (χ0) is 18.4. The molecule has 2 fully saturated rings. The lowest BCUT2D eigenvalue weighted by molar-refractivity contribution is -0.134. The van der Waals surface area contributed by atoms with Gasteiger partial charge in [0.1, 0.15) is 5.75 Å². The van der Waals surface area contributed by atoms with Crippen LogP contribution in [-0.4, -0.2) is 68.1 Å². The number of nitrogens with zero attached hydrogens (tertiary/aromatic N) is 2. The molecular formula is C21H35Cl2N3O2. The van der Waals surface area contributed by atoms with Gasteiger partial charge in [0.2, 0.25) is 5.91 Å². The molecule has 0 radical (unpaired) electrons. The fourth-order valence-electron chi connectivity index (χ4n) is 4.04. The summed E-state index contributed by atoms with van der Waals surface area (Å²) in [6, 6.07) is 8.71. The number of carbonyl (C=O) groups is 1. The number of halogens is 2. The summed E-state index contributed by atoms with van der Waals surface area (Å²) in [4.78, 5) is 17.0. The van der Waals surface area contributed by atoms with Crippen molar-refractivity contribution in [3.63, 3.8) is 0 Å². The first-order chi connectivity index (χ1) is 12.6. The predicted molar refractivity (Wildman–Crippen MR) is 119 cm³/mol. The Kier molecular flexibility index (Phi) is 11.2. The molecule has 5 nitrogen and oxygen atoms in total. The zero-order valence-electron chi connectivity index (χ0n) is 17.1. The summed E-state index contributed by atoms with van der Waals surface area (Å²) in [5.41, 5.74) is 1.21. The van der Waals surface area contributed by atoms with Crippen LogP contribution in [0.25, 0.3) is 0 Å². The van der Waals surface area contributed by atoms with Crippen molar-refractivity contribution in [1.29, 1.82) is 0 Å². The minimum absolute atomic E-state index is 0. The van der Waals surface area contributed by atoms with Gasteiger partial charge in [0.25, 0.3) is 0 Å². The maximum atomic E-state index is 12.7. The topological polar surface area (TPSA) is 44.8 Å². The van der Waals surface area contributed by atoms with Gasteiger partial charge >= 0.3 is 0 Å². The largest absolute Gasteiger partial charge is 0.493 e. The fourth-order valence-corrected chi connectivity index (χ4v) is 4.04. The Morgan fingerprint density at radius 1 is 1.25 bits per heavy atom. The molecule has 0 saturated carbocycles. The van der Waals surface area contributed by atoms with Crippen molar-refractivity contribution in [2.75, 3.05) is 46.4 Å². The van der Waals surface area contributed by atoms with Crippen molar-refractivity contribution in [2.45, 2.75) is 38.6 Å². The summed E-state index contributed by atoms with van der Waals surface area (Å²) in [6.45, 7) is 7.14. The van der Waals surface area contributed by atoms with Crippen LogP contribution in [0.15, 0.2) is 24.3 Å². The van der Waals surface area contributed by atoms with Crippen LogP contribution in [-0.2, 0) is 4.79 Å². The minimum Gasteiger partial charge on any atom is -0.493 e.